The Morgan fingerprint density at radius 3 is 3.06 bits per heavy atom. The van der Waals surface area contributed by atoms with E-state index in [2.05, 4.69) is 41.5 Å². The molecule has 1 aromatic carbocycles. The predicted octanol–water partition coefficient (Wildman–Crippen LogP) is 1.84. The van der Waals surface area contributed by atoms with Gasteiger partial charge < -0.3 is 15.0 Å². The summed E-state index contributed by atoms with van der Waals surface area (Å²) in [6.07, 6.45) is 1.11. The molecule has 0 aliphatic carbocycles. The minimum absolute atomic E-state index is 0.613. The average molecular weight is 248 g/mol. The first-order valence-electron chi connectivity index (χ1n) is 6.77. The average Bonchev–Trinajstić information content (AvgIpc) is 2.39. The number of methoxy groups -OCH3 is 1. The van der Waals surface area contributed by atoms with Crippen molar-refractivity contribution in [2.75, 3.05) is 40.4 Å². The van der Waals surface area contributed by atoms with Crippen LogP contribution in [-0.2, 0) is 11.3 Å². The van der Waals surface area contributed by atoms with Crippen LogP contribution in [0.25, 0.3) is 0 Å². The van der Waals surface area contributed by atoms with Crippen molar-refractivity contribution in [1.82, 2.24) is 10.2 Å². The van der Waals surface area contributed by atoms with Crippen LogP contribution in [0.3, 0.4) is 0 Å². The Balaban J connectivity index is 1.90. The third-order valence-corrected chi connectivity index (χ3v) is 3.62. The number of fused-ring (bicyclic) bond motifs is 1. The lowest BCUT2D eigenvalue weighted by Crippen LogP contribution is -2.35. The molecule has 3 nitrogen and oxygen atoms in total. The second-order valence-corrected chi connectivity index (χ2v) is 5.14. The zero-order chi connectivity index (χ0) is 12.8. The second-order valence-electron chi connectivity index (χ2n) is 5.14. The highest BCUT2D eigenvalue weighted by molar-refractivity contribution is 5.32. The highest BCUT2D eigenvalue weighted by atomic mass is 16.5. The summed E-state index contributed by atoms with van der Waals surface area (Å²) >= 11 is 0. The van der Waals surface area contributed by atoms with Gasteiger partial charge in [0, 0.05) is 45.8 Å². The lowest BCUT2D eigenvalue weighted by atomic mass is 9.90. The van der Waals surface area contributed by atoms with Crippen molar-refractivity contribution < 1.29 is 4.74 Å². The molecule has 0 bridgehead atoms. The number of ether oxygens (including phenoxy) is 1. The summed E-state index contributed by atoms with van der Waals surface area (Å²) in [4.78, 5) is 2.41. The van der Waals surface area contributed by atoms with E-state index in [4.69, 9.17) is 4.74 Å². The van der Waals surface area contributed by atoms with Crippen LogP contribution >= 0.6 is 0 Å². The van der Waals surface area contributed by atoms with Gasteiger partial charge in [-0.25, -0.2) is 0 Å². The Morgan fingerprint density at radius 2 is 2.22 bits per heavy atom. The highest BCUT2D eigenvalue weighted by Gasteiger charge is 2.20. The molecule has 0 saturated carbocycles. The molecule has 1 unspecified atom stereocenters. The molecule has 0 spiro atoms. The van der Waals surface area contributed by atoms with Crippen LogP contribution in [0.1, 0.15) is 23.5 Å². The lowest BCUT2D eigenvalue weighted by molar-refractivity contribution is 0.177. The summed E-state index contributed by atoms with van der Waals surface area (Å²) in [6, 6.07) is 8.80. The lowest BCUT2D eigenvalue weighted by Gasteiger charge is -2.30. The first kappa shape index (κ1) is 13.5. The van der Waals surface area contributed by atoms with E-state index in [1.807, 2.05) is 0 Å². The van der Waals surface area contributed by atoms with Crippen LogP contribution in [0.15, 0.2) is 24.3 Å². The molecule has 18 heavy (non-hydrogen) atoms. The van der Waals surface area contributed by atoms with Gasteiger partial charge >= 0.3 is 0 Å². The van der Waals surface area contributed by atoms with Crippen molar-refractivity contribution in [2.45, 2.75) is 18.9 Å². The van der Waals surface area contributed by atoms with E-state index in [-0.39, 0.29) is 0 Å². The fraction of sp³-hybridized carbons (Fsp3) is 0.600. The molecule has 2 rings (SSSR count). The van der Waals surface area contributed by atoms with Gasteiger partial charge in [0.1, 0.15) is 0 Å². The third kappa shape index (κ3) is 3.55. The summed E-state index contributed by atoms with van der Waals surface area (Å²) in [5.41, 5.74) is 2.98. The van der Waals surface area contributed by atoms with Crippen molar-refractivity contribution >= 4 is 0 Å². The van der Waals surface area contributed by atoms with Crippen LogP contribution in [0.5, 0.6) is 0 Å². The number of likely N-dealkylation sites (N-methyl/N-ethyl adjacent to an activating group) is 1. The molecule has 0 aromatic heterocycles. The van der Waals surface area contributed by atoms with Crippen LogP contribution < -0.4 is 5.32 Å². The molecule has 1 atom stereocenters. The molecule has 1 aromatic rings. The fourth-order valence-electron chi connectivity index (χ4n) is 2.69. The highest BCUT2D eigenvalue weighted by Crippen LogP contribution is 2.24. The molecular formula is C15H24N2O. The SMILES string of the molecule is COCCCN(C)CC1CNCc2ccccc21. The predicted molar refractivity (Wildman–Crippen MR) is 74.9 cm³/mol. The van der Waals surface area contributed by atoms with Crippen molar-refractivity contribution in [1.29, 1.82) is 0 Å². The number of rotatable bonds is 6. The molecule has 0 amide bonds. The van der Waals surface area contributed by atoms with E-state index in [9.17, 15) is 0 Å². The maximum Gasteiger partial charge on any atom is 0.0474 e. The van der Waals surface area contributed by atoms with E-state index >= 15 is 0 Å². The molecular weight excluding hydrogens is 224 g/mol. The number of hydrogen-bond acceptors (Lipinski definition) is 3. The molecule has 1 aliphatic rings. The Bertz CT molecular complexity index is 367. The van der Waals surface area contributed by atoms with Gasteiger partial charge in [-0.1, -0.05) is 24.3 Å². The Morgan fingerprint density at radius 1 is 1.39 bits per heavy atom. The van der Waals surface area contributed by atoms with Crippen LogP contribution in [0, 0.1) is 0 Å². The maximum atomic E-state index is 5.10. The molecule has 0 fully saturated rings. The van der Waals surface area contributed by atoms with Gasteiger partial charge in [-0.15, -0.1) is 0 Å². The van der Waals surface area contributed by atoms with Gasteiger partial charge in [-0.3, -0.25) is 0 Å². The van der Waals surface area contributed by atoms with Gasteiger partial charge in [-0.05, 0) is 24.6 Å². The molecule has 1 aliphatic heterocycles. The molecule has 0 radical (unpaired) electrons. The van der Waals surface area contributed by atoms with Gasteiger partial charge in [0.2, 0.25) is 0 Å². The van der Waals surface area contributed by atoms with E-state index in [0.29, 0.717) is 5.92 Å². The normalized spacial score (nSPS) is 18.9. The summed E-state index contributed by atoms with van der Waals surface area (Å²) in [7, 11) is 3.97. The molecule has 1 N–H and O–H groups in total. The van der Waals surface area contributed by atoms with Gasteiger partial charge in [0.05, 0.1) is 0 Å². The Labute approximate surface area is 110 Å². The number of nitrogens with zero attached hydrogens (tertiary/aromatic N) is 1. The minimum Gasteiger partial charge on any atom is -0.385 e. The second kappa shape index (κ2) is 6.88. The number of nitrogens with one attached hydrogen (secondary N) is 1. The van der Waals surface area contributed by atoms with Crippen molar-refractivity contribution in [3.63, 3.8) is 0 Å². The number of hydrogen-bond donors (Lipinski definition) is 1. The Kier molecular flexibility index (Phi) is 5.17. The van der Waals surface area contributed by atoms with Crippen molar-refractivity contribution in [3.8, 4) is 0 Å². The summed E-state index contributed by atoms with van der Waals surface area (Å²) in [6.45, 7) is 5.18. The standard InChI is InChI=1S/C15H24N2O/c1-17(8-5-9-18-2)12-14-11-16-10-13-6-3-4-7-15(13)14/h3-4,6-7,14,16H,5,8-12H2,1-2H3. The maximum absolute atomic E-state index is 5.10. The van der Waals surface area contributed by atoms with Crippen LogP contribution in [0.2, 0.25) is 0 Å². The van der Waals surface area contributed by atoms with Gasteiger partial charge in [-0.2, -0.15) is 0 Å². The fourth-order valence-corrected chi connectivity index (χ4v) is 2.69. The smallest absolute Gasteiger partial charge is 0.0474 e. The summed E-state index contributed by atoms with van der Waals surface area (Å²) in [5, 5.41) is 3.51. The first-order chi connectivity index (χ1) is 8.81. The van der Waals surface area contributed by atoms with Crippen molar-refractivity contribution in [3.05, 3.63) is 35.4 Å². The Hall–Kier alpha value is -0.900. The quantitative estimate of drug-likeness (QED) is 0.778. The molecule has 3 heteroatoms. The van der Waals surface area contributed by atoms with E-state index < -0.39 is 0 Å². The van der Waals surface area contributed by atoms with E-state index in [1.54, 1.807) is 7.11 Å². The zero-order valence-corrected chi connectivity index (χ0v) is 11.5. The van der Waals surface area contributed by atoms with Gasteiger partial charge in [0.15, 0.2) is 0 Å². The molecule has 1 heterocycles. The van der Waals surface area contributed by atoms with E-state index in [1.165, 1.54) is 11.1 Å². The summed E-state index contributed by atoms with van der Waals surface area (Å²) < 4.78 is 5.10. The van der Waals surface area contributed by atoms with Crippen molar-refractivity contribution in [2.24, 2.45) is 0 Å². The topological polar surface area (TPSA) is 24.5 Å². The summed E-state index contributed by atoms with van der Waals surface area (Å²) in [5.74, 6) is 0.613. The number of benzene rings is 1. The van der Waals surface area contributed by atoms with E-state index in [0.717, 1.165) is 39.2 Å². The van der Waals surface area contributed by atoms with Gasteiger partial charge in [0.25, 0.3) is 0 Å². The van der Waals surface area contributed by atoms with Crippen LogP contribution in [0.4, 0.5) is 0 Å². The molecule has 0 saturated heterocycles. The zero-order valence-electron chi connectivity index (χ0n) is 11.5. The van der Waals surface area contributed by atoms with Crippen LogP contribution in [-0.4, -0.2) is 45.3 Å². The molecule has 100 valence electrons. The minimum atomic E-state index is 0.613. The first-order valence-corrected chi connectivity index (χ1v) is 6.77. The third-order valence-electron chi connectivity index (χ3n) is 3.62. The largest absolute Gasteiger partial charge is 0.385 e. The monoisotopic (exact) mass is 248 g/mol.